The van der Waals surface area contributed by atoms with Crippen LogP contribution in [0.25, 0.3) is 0 Å². The molecule has 21 heavy (non-hydrogen) atoms. The van der Waals surface area contributed by atoms with E-state index in [9.17, 15) is 4.39 Å². The van der Waals surface area contributed by atoms with Crippen LogP contribution in [0.5, 0.6) is 0 Å². The Labute approximate surface area is 124 Å². The minimum atomic E-state index is -0.187. The van der Waals surface area contributed by atoms with E-state index in [4.69, 9.17) is 5.73 Å². The molecule has 3 nitrogen and oxygen atoms in total. The lowest BCUT2D eigenvalue weighted by molar-refractivity contribution is 0.624. The van der Waals surface area contributed by atoms with Gasteiger partial charge in [0.25, 0.3) is 0 Å². The standard InChI is InChI=1S/C17H20FN3/c1-13-16(19)3-2-4-17(13)21-11-9-20(10-12-21)15-7-5-14(18)6-8-15/h2-8H,9-12,19H2,1H3. The van der Waals surface area contributed by atoms with E-state index in [1.54, 1.807) is 0 Å². The van der Waals surface area contributed by atoms with E-state index >= 15 is 0 Å². The van der Waals surface area contributed by atoms with E-state index in [1.807, 2.05) is 24.3 Å². The Bertz CT molecular complexity index is 616. The summed E-state index contributed by atoms with van der Waals surface area (Å²) < 4.78 is 13.0. The van der Waals surface area contributed by atoms with Crippen molar-refractivity contribution in [2.24, 2.45) is 0 Å². The molecule has 2 aromatic carbocycles. The number of piperazine rings is 1. The number of halogens is 1. The van der Waals surface area contributed by atoms with E-state index in [0.29, 0.717) is 0 Å². The molecule has 0 unspecified atom stereocenters. The van der Waals surface area contributed by atoms with Crippen LogP contribution in [0.4, 0.5) is 21.5 Å². The summed E-state index contributed by atoms with van der Waals surface area (Å²) in [5.74, 6) is -0.187. The summed E-state index contributed by atoms with van der Waals surface area (Å²) in [4.78, 5) is 4.66. The molecule has 0 bridgehead atoms. The van der Waals surface area contributed by atoms with Gasteiger partial charge in [-0.25, -0.2) is 4.39 Å². The Hall–Kier alpha value is -2.23. The predicted molar refractivity (Wildman–Crippen MR) is 86.4 cm³/mol. The minimum Gasteiger partial charge on any atom is -0.398 e. The van der Waals surface area contributed by atoms with Crippen molar-refractivity contribution in [1.29, 1.82) is 0 Å². The zero-order valence-corrected chi connectivity index (χ0v) is 12.2. The number of anilines is 3. The first kappa shape index (κ1) is 13.7. The lowest BCUT2D eigenvalue weighted by Gasteiger charge is -2.38. The van der Waals surface area contributed by atoms with E-state index in [0.717, 1.165) is 43.1 Å². The van der Waals surface area contributed by atoms with Crippen molar-refractivity contribution in [3.63, 3.8) is 0 Å². The first-order valence-electron chi connectivity index (χ1n) is 7.26. The fraction of sp³-hybridized carbons (Fsp3) is 0.294. The normalized spacial score (nSPS) is 15.3. The molecule has 0 atom stereocenters. The zero-order chi connectivity index (χ0) is 14.8. The minimum absolute atomic E-state index is 0.187. The molecule has 1 saturated heterocycles. The molecule has 2 aromatic rings. The molecule has 0 aromatic heterocycles. The fourth-order valence-corrected chi connectivity index (χ4v) is 2.84. The molecule has 110 valence electrons. The van der Waals surface area contributed by atoms with Gasteiger partial charge >= 0.3 is 0 Å². The summed E-state index contributed by atoms with van der Waals surface area (Å²) in [6, 6.07) is 12.8. The van der Waals surface area contributed by atoms with Gasteiger partial charge < -0.3 is 15.5 Å². The number of hydrogen-bond donors (Lipinski definition) is 1. The summed E-state index contributed by atoms with van der Waals surface area (Å²) in [7, 11) is 0. The van der Waals surface area contributed by atoms with Crippen LogP contribution in [-0.2, 0) is 0 Å². The third kappa shape index (κ3) is 2.79. The highest BCUT2D eigenvalue weighted by Crippen LogP contribution is 2.26. The van der Waals surface area contributed by atoms with Crippen LogP contribution in [0, 0.1) is 12.7 Å². The summed E-state index contributed by atoms with van der Waals surface area (Å²) in [6.45, 7) is 5.82. The third-order valence-electron chi connectivity index (χ3n) is 4.16. The second kappa shape index (κ2) is 5.64. The van der Waals surface area contributed by atoms with Crippen molar-refractivity contribution in [3.05, 3.63) is 53.8 Å². The second-order valence-corrected chi connectivity index (χ2v) is 5.44. The lowest BCUT2D eigenvalue weighted by atomic mass is 10.1. The van der Waals surface area contributed by atoms with Gasteiger partial charge in [-0.3, -0.25) is 0 Å². The van der Waals surface area contributed by atoms with Crippen LogP contribution < -0.4 is 15.5 Å². The maximum Gasteiger partial charge on any atom is 0.123 e. The number of hydrogen-bond acceptors (Lipinski definition) is 3. The third-order valence-corrected chi connectivity index (χ3v) is 4.16. The van der Waals surface area contributed by atoms with Crippen LogP contribution in [0.2, 0.25) is 0 Å². The smallest absolute Gasteiger partial charge is 0.123 e. The Morgan fingerprint density at radius 2 is 1.52 bits per heavy atom. The van der Waals surface area contributed by atoms with Gasteiger partial charge in [-0.15, -0.1) is 0 Å². The molecule has 4 heteroatoms. The topological polar surface area (TPSA) is 32.5 Å². The van der Waals surface area contributed by atoms with Gasteiger partial charge in [-0.05, 0) is 48.9 Å². The zero-order valence-electron chi connectivity index (χ0n) is 12.2. The van der Waals surface area contributed by atoms with E-state index in [1.165, 1.54) is 17.8 Å². The van der Waals surface area contributed by atoms with Crippen LogP contribution in [-0.4, -0.2) is 26.2 Å². The maximum atomic E-state index is 13.0. The molecular weight excluding hydrogens is 265 g/mol. The summed E-state index contributed by atoms with van der Waals surface area (Å²) in [6.07, 6.45) is 0. The number of rotatable bonds is 2. The van der Waals surface area contributed by atoms with Crippen LogP contribution in [0.1, 0.15) is 5.56 Å². The quantitative estimate of drug-likeness (QED) is 0.861. The Morgan fingerprint density at radius 1 is 0.905 bits per heavy atom. The number of nitrogen functional groups attached to an aromatic ring is 1. The Morgan fingerprint density at radius 3 is 2.19 bits per heavy atom. The first-order valence-corrected chi connectivity index (χ1v) is 7.26. The monoisotopic (exact) mass is 285 g/mol. The average Bonchev–Trinajstić information content (AvgIpc) is 2.51. The highest BCUT2D eigenvalue weighted by Gasteiger charge is 2.19. The number of nitrogens with zero attached hydrogens (tertiary/aromatic N) is 2. The average molecular weight is 285 g/mol. The summed E-state index contributed by atoms with van der Waals surface area (Å²) in [5, 5.41) is 0. The highest BCUT2D eigenvalue weighted by atomic mass is 19.1. The van der Waals surface area contributed by atoms with E-state index in [2.05, 4.69) is 22.8 Å². The summed E-state index contributed by atoms with van der Waals surface area (Å²) >= 11 is 0. The Balaban J connectivity index is 1.70. The lowest BCUT2D eigenvalue weighted by Crippen LogP contribution is -2.46. The highest BCUT2D eigenvalue weighted by molar-refractivity contribution is 5.64. The van der Waals surface area contributed by atoms with Gasteiger partial charge in [-0.2, -0.15) is 0 Å². The molecule has 3 rings (SSSR count). The molecule has 0 radical (unpaired) electrons. The molecule has 1 aliphatic rings. The van der Waals surface area contributed by atoms with Gasteiger partial charge in [0.1, 0.15) is 5.82 Å². The molecule has 0 saturated carbocycles. The number of nitrogens with two attached hydrogens (primary N) is 1. The molecule has 0 spiro atoms. The molecule has 1 aliphatic heterocycles. The van der Waals surface area contributed by atoms with Crippen LogP contribution in [0.3, 0.4) is 0 Å². The molecule has 1 fully saturated rings. The van der Waals surface area contributed by atoms with Crippen molar-refractivity contribution < 1.29 is 4.39 Å². The van der Waals surface area contributed by atoms with Gasteiger partial charge in [0.15, 0.2) is 0 Å². The van der Waals surface area contributed by atoms with Gasteiger partial charge in [0.2, 0.25) is 0 Å². The largest absolute Gasteiger partial charge is 0.398 e. The molecule has 0 amide bonds. The van der Waals surface area contributed by atoms with Crippen LogP contribution in [0.15, 0.2) is 42.5 Å². The first-order chi connectivity index (χ1) is 10.1. The molecule has 2 N–H and O–H groups in total. The second-order valence-electron chi connectivity index (χ2n) is 5.44. The molecule has 1 heterocycles. The Kier molecular flexibility index (Phi) is 3.69. The van der Waals surface area contributed by atoms with Gasteiger partial charge in [-0.1, -0.05) is 6.07 Å². The molecular formula is C17H20FN3. The van der Waals surface area contributed by atoms with E-state index < -0.39 is 0 Å². The van der Waals surface area contributed by atoms with Crippen LogP contribution >= 0.6 is 0 Å². The van der Waals surface area contributed by atoms with Gasteiger partial charge in [0, 0.05) is 43.2 Å². The molecule has 0 aliphatic carbocycles. The van der Waals surface area contributed by atoms with E-state index in [-0.39, 0.29) is 5.82 Å². The van der Waals surface area contributed by atoms with Crippen molar-refractivity contribution in [2.75, 3.05) is 41.7 Å². The van der Waals surface area contributed by atoms with Gasteiger partial charge in [0.05, 0.1) is 0 Å². The maximum absolute atomic E-state index is 13.0. The number of benzene rings is 2. The van der Waals surface area contributed by atoms with Crippen molar-refractivity contribution in [2.45, 2.75) is 6.92 Å². The van der Waals surface area contributed by atoms with Crippen molar-refractivity contribution >= 4 is 17.1 Å². The van der Waals surface area contributed by atoms with Crippen molar-refractivity contribution in [3.8, 4) is 0 Å². The summed E-state index contributed by atoms with van der Waals surface area (Å²) in [5.41, 5.74) is 10.3. The SMILES string of the molecule is Cc1c(N)cccc1N1CCN(c2ccc(F)cc2)CC1. The predicted octanol–water partition coefficient (Wildman–Crippen LogP) is 3.04. The van der Waals surface area contributed by atoms with Crippen molar-refractivity contribution in [1.82, 2.24) is 0 Å². The fourth-order valence-electron chi connectivity index (χ4n) is 2.84.